The lowest BCUT2D eigenvalue weighted by atomic mass is 9.80. The molecule has 3 heterocycles. The molecule has 2 unspecified atom stereocenters. The van der Waals surface area contributed by atoms with Crippen LogP contribution in [0.4, 0.5) is 5.88 Å². The van der Waals surface area contributed by atoms with Crippen molar-refractivity contribution in [2.75, 3.05) is 18.0 Å². The van der Waals surface area contributed by atoms with E-state index in [1.165, 1.54) is 12.8 Å². The van der Waals surface area contributed by atoms with Crippen LogP contribution in [0.3, 0.4) is 0 Å². The molecule has 2 saturated heterocycles. The SMILES string of the molecule is CC1(C)CNC2CCCN(c3ccco3)C21. The highest BCUT2D eigenvalue weighted by molar-refractivity contribution is 5.39. The molecular weight excluding hydrogens is 200 g/mol. The van der Waals surface area contributed by atoms with Gasteiger partial charge in [-0.3, -0.25) is 0 Å². The number of furan rings is 1. The molecular formula is C13H20N2O. The summed E-state index contributed by atoms with van der Waals surface area (Å²) in [4.78, 5) is 2.45. The summed E-state index contributed by atoms with van der Waals surface area (Å²) in [6.45, 7) is 6.94. The smallest absolute Gasteiger partial charge is 0.195 e. The van der Waals surface area contributed by atoms with Gasteiger partial charge in [-0.1, -0.05) is 13.8 Å². The van der Waals surface area contributed by atoms with Crippen LogP contribution in [0.5, 0.6) is 0 Å². The Morgan fingerprint density at radius 2 is 2.38 bits per heavy atom. The van der Waals surface area contributed by atoms with Gasteiger partial charge < -0.3 is 14.6 Å². The quantitative estimate of drug-likeness (QED) is 0.787. The van der Waals surface area contributed by atoms with Gasteiger partial charge in [0.15, 0.2) is 5.88 Å². The van der Waals surface area contributed by atoms with Crippen LogP contribution in [-0.2, 0) is 0 Å². The Bertz CT molecular complexity index is 358. The topological polar surface area (TPSA) is 28.4 Å². The first-order valence-electron chi connectivity index (χ1n) is 6.22. The molecule has 0 spiro atoms. The van der Waals surface area contributed by atoms with Crippen LogP contribution in [0, 0.1) is 5.41 Å². The van der Waals surface area contributed by atoms with Crippen molar-refractivity contribution >= 4 is 5.88 Å². The van der Waals surface area contributed by atoms with E-state index < -0.39 is 0 Å². The largest absolute Gasteiger partial charge is 0.449 e. The number of anilines is 1. The van der Waals surface area contributed by atoms with Gasteiger partial charge in [-0.25, -0.2) is 0 Å². The summed E-state index contributed by atoms with van der Waals surface area (Å²) in [5.41, 5.74) is 0.331. The van der Waals surface area contributed by atoms with Crippen LogP contribution in [0.2, 0.25) is 0 Å². The third-order valence-electron chi connectivity index (χ3n) is 4.04. The highest BCUT2D eigenvalue weighted by Gasteiger charge is 2.47. The molecule has 2 aliphatic rings. The van der Waals surface area contributed by atoms with Gasteiger partial charge in [0.1, 0.15) is 0 Å². The molecule has 1 aromatic rings. The van der Waals surface area contributed by atoms with Crippen LogP contribution in [0.25, 0.3) is 0 Å². The lowest BCUT2D eigenvalue weighted by Crippen LogP contribution is -2.53. The Labute approximate surface area is 96.8 Å². The summed E-state index contributed by atoms with van der Waals surface area (Å²) >= 11 is 0. The van der Waals surface area contributed by atoms with Gasteiger partial charge in [0.05, 0.1) is 12.3 Å². The zero-order chi connectivity index (χ0) is 11.2. The predicted molar refractivity (Wildman–Crippen MR) is 64.6 cm³/mol. The van der Waals surface area contributed by atoms with E-state index in [1.54, 1.807) is 6.26 Å². The fourth-order valence-electron chi connectivity index (χ4n) is 3.36. The van der Waals surface area contributed by atoms with Crippen molar-refractivity contribution < 1.29 is 4.42 Å². The van der Waals surface area contributed by atoms with Gasteiger partial charge in [0, 0.05) is 25.2 Å². The van der Waals surface area contributed by atoms with E-state index in [4.69, 9.17) is 4.42 Å². The summed E-state index contributed by atoms with van der Waals surface area (Å²) in [5.74, 6) is 1.03. The molecule has 0 aromatic carbocycles. The first kappa shape index (κ1) is 10.2. The second-order valence-corrected chi connectivity index (χ2v) is 5.71. The molecule has 0 radical (unpaired) electrons. The van der Waals surface area contributed by atoms with Crippen molar-refractivity contribution in [3.05, 3.63) is 18.4 Å². The van der Waals surface area contributed by atoms with E-state index in [0.29, 0.717) is 17.5 Å². The number of nitrogens with zero attached hydrogens (tertiary/aromatic N) is 1. The Morgan fingerprint density at radius 3 is 3.12 bits per heavy atom. The second kappa shape index (κ2) is 3.52. The van der Waals surface area contributed by atoms with E-state index in [2.05, 4.69) is 30.1 Å². The van der Waals surface area contributed by atoms with Crippen LogP contribution in [0.1, 0.15) is 26.7 Å². The standard InChI is InChI=1S/C13H20N2O/c1-13(2)9-14-10-5-3-7-15(12(10)13)11-6-4-8-16-11/h4,6,8,10,12,14H,3,5,7,9H2,1-2H3. The number of fused-ring (bicyclic) bond motifs is 1. The fourth-order valence-corrected chi connectivity index (χ4v) is 3.36. The predicted octanol–water partition coefficient (Wildman–Crippen LogP) is 2.25. The van der Waals surface area contributed by atoms with Crippen LogP contribution in [0.15, 0.2) is 22.8 Å². The van der Waals surface area contributed by atoms with Gasteiger partial charge in [0.2, 0.25) is 0 Å². The Hall–Kier alpha value is -0.960. The average Bonchev–Trinajstić information content (AvgIpc) is 2.87. The number of piperidine rings is 1. The van der Waals surface area contributed by atoms with E-state index in [-0.39, 0.29) is 0 Å². The van der Waals surface area contributed by atoms with Gasteiger partial charge in [0.25, 0.3) is 0 Å². The van der Waals surface area contributed by atoms with Gasteiger partial charge in [-0.05, 0) is 24.3 Å². The Balaban J connectivity index is 1.93. The van der Waals surface area contributed by atoms with Gasteiger partial charge >= 0.3 is 0 Å². The summed E-state index contributed by atoms with van der Waals surface area (Å²) in [7, 11) is 0. The molecule has 2 fully saturated rings. The molecule has 1 aromatic heterocycles. The molecule has 3 rings (SSSR count). The number of nitrogens with one attached hydrogen (secondary N) is 1. The van der Waals surface area contributed by atoms with E-state index >= 15 is 0 Å². The highest BCUT2D eigenvalue weighted by atomic mass is 16.3. The van der Waals surface area contributed by atoms with Crippen LogP contribution in [-0.4, -0.2) is 25.2 Å². The molecule has 3 heteroatoms. The van der Waals surface area contributed by atoms with E-state index in [0.717, 1.165) is 19.0 Å². The maximum absolute atomic E-state index is 5.57. The lowest BCUT2D eigenvalue weighted by Gasteiger charge is -2.43. The molecule has 2 atom stereocenters. The van der Waals surface area contributed by atoms with Crippen molar-refractivity contribution in [3.63, 3.8) is 0 Å². The molecule has 16 heavy (non-hydrogen) atoms. The lowest BCUT2D eigenvalue weighted by molar-refractivity contribution is 0.281. The number of hydrogen-bond acceptors (Lipinski definition) is 3. The number of hydrogen-bond donors (Lipinski definition) is 1. The summed E-state index contributed by atoms with van der Waals surface area (Å²) in [6, 6.07) is 5.27. The van der Waals surface area contributed by atoms with Crippen LogP contribution >= 0.6 is 0 Å². The van der Waals surface area contributed by atoms with Crippen LogP contribution < -0.4 is 10.2 Å². The van der Waals surface area contributed by atoms with Crippen molar-refractivity contribution in [2.24, 2.45) is 5.41 Å². The molecule has 2 aliphatic heterocycles. The molecule has 0 saturated carbocycles. The second-order valence-electron chi connectivity index (χ2n) is 5.71. The Kier molecular flexibility index (Phi) is 2.25. The van der Waals surface area contributed by atoms with Crippen molar-refractivity contribution in [3.8, 4) is 0 Å². The van der Waals surface area contributed by atoms with Gasteiger partial charge in [-0.15, -0.1) is 0 Å². The fraction of sp³-hybridized carbons (Fsp3) is 0.692. The maximum atomic E-state index is 5.57. The molecule has 0 aliphatic carbocycles. The molecule has 1 N–H and O–H groups in total. The van der Waals surface area contributed by atoms with Crippen molar-refractivity contribution in [1.29, 1.82) is 0 Å². The highest BCUT2D eigenvalue weighted by Crippen LogP contribution is 2.39. The summed E-state index contributed by atoms with van der Waals surface area (Å²) in [6.07, 6.45) is 4.32. The minimum absolute atomic E-state index is 0.331. The molecule has 88 valence electrons. The normalized spacial score (nSPS) is 32.8. The third kappa shape index (κ3) is 1.46. The van der Waals surface area contributed by atoms with E-state index in [9.17, 15) is 0 Å². The summed E-state index contributed by atoms with van der Waals surface area (Å²) in [5, 5.41) is 3.66. The van der Waals surface area contributed by atoms with Crippen molar-refractivity contribution in [1.82, 2.24) is 5.32 Å². The minimum Gasteiger partial charge on any atom is -0.449 e. The van der Waals surface area contributed by atoms with Crippen molar-refractivity contribution in [2.45, 2.75) is 38.8 Å². The monoisotopic (exact) mass is 220 g/mol. The van der Waals surface area contributed by atoms with Gasteiger partial charge in [-0.2, -0.15) is 0 Å². The molecule has 0 bridgehead atoms. The third-order valence-corrected chi connectivity index (χ3v) is 4.04. The first-order chi connectivity index (χ1) is 7.68. The average molecular weight is 220 g/mol. The maximum Gasteiger partial charge on any atom is 0.195 e. The molecule has 0 amide bonds. The first-order valence-corrected chi connectivity index (χ1v) is 6.22. The van der Waals surface area contributed by atoms with E-state index in [1.807, 2.05) is 6.07 Å². The minimum atomic E-state index is 0.331. The Morgan fingerprint density at radius 1 is 1.50 bits per heavy atom. The zero-order valence-electron chi connectivity index (χ0n) is 10.1. The zero-order valence-corrected chi connectivity index (χ0v) is 10.1. The molecule has 3 nitrogen and oxygen atoms in total. The number of rotatable bonds is 1. The summed E-state index contributed by atoms with van der Waals surface area (Å²) < 4.78 is 5.57.